The molecule has 2 heterocycles. The minimum absolute atomic E-state index is 0.902. The number of hydrogen-bond acceptors (Lipinski definition) is 4. The van der Waals surface area contributed by atoms with E-state index in [2.05, 4.69) is 21.4 Å². The van der Waals surface area contributed by atoms with Gasteiger partial charge in [-0.1, -0.05) is 6.07 Å². The van der Waals surface area contributed by atoms with Gasteiger partial charge < -0.3 is 5.32 Å². The fourth-order valence-electron chi connectivity index (χ4n) is 1.29. The minimum atomic E-state index is 0.902. The second kappa shape index (κ2) is 5.51. The van der Waals surface area contributed by atoms with Crippen molar-refractivity contribution in [2.45, 2.75) is 10.8 Å². The molecule has 2 aromatic rings. The first-order chi connectivity index (χ1) is 7.88. The molecule has 1 N–H and O–H groups in total. The van der Waals surface area contributed by atoms with Gasteiger partial charge in [0.15, 0.2) is 0 Å². The molecular weight excluding hydrogens is 218 g/mol. The lowest BCUT2D eigenvalue weighted by atomic mass is 10.3. The first-order valence-electron chi connectivity index (χ1n) is 5.05. The van der Waals surface area contributed by atoms with E-state index in [-0.39, 0.29) is 0 Å². The standard InChI is InChI=1S/C12H13N3S/c1-13-11-8-10(5-7-14-11)9-16-12-4-2-3-6-15-12/h2-8H,9H2,1H3,(H,13,14). The van der Waals surface area contributed by atoms with E-state index in [4.69, 9.17) is 0 Å². The molecule has 0 aliphatic carbocycles. The smallest absolute Gasteiger partial charge is 0.125 e. The van der Waals surface area contributed by atoms with Crippen LogP contribution in [0.2, 0.25) is 0 Å². The number of aromatic nitrogens is 2. The zero-order chi connectivity index (χ0) is 11.2. The van der Waals surface area contributed by atoms with Gasteiger partial charge in [-0.05, 0) is 29.8 Å². The van der Waals surface area contributed by atoms with Crippen LogP contribution < -0.4 is 5.32 Å². The van der Waals surface area contributed by atoms with E-state index in [1.807, 2.05) is 43.7 Å². The van der Waals surface area contributed by atoms with Gasteiger partial charge in [0.25, 0.3) is 0 Å². The lowest BCUT2D eigenvalue weighted by Gasteiger charge is -2.03. The van der Waals surface area contributed by atoms with Crippen molar-refractivity contribution in [3.63, 3.8) is 0 Å². The molecule has 0 fully saturated rings. The maximum Gasteiger partial charge on any atom is 0.125 e. The SMILES string of the molecule is CNc1cc(CSc2ccccn2)ccn1. The topological polar surface area (TPSA) is 37.8 Å². The van der Waals surface area contributed by atoms with Crippen LogP contribution >= 0.6 is 11.8 Å². The van der Waals surface area contributed by atoms with Crippen LogP contribution in [-0.4, -0.2) is 17.0 Å². The summed E-state index contributed by atoms with van der Waals surface area (Å²) in [5.41, 5.74) is 1.25. The molecule has 16 heavy (non-hydrogen) atoms. The highest BCUT2D eigenvalue weighted by Gasteiger charge is 1.98. The fourth-order valence-corrected chi connectivity index (χ4v) is 2.09. The third kappa shape index (κ3) is 2.97. The van der Waals surface area contributed by atoms with Gasteiger partial charge in [0, 0.05) is 25.2 Å². The summed E-state index contributed by atoms with van der Waals surface area (Å²) in [6, 6.07) is 10.0. The maximum absolute atomic E-state index is 4.27. The third-order valence-electron chi connectivity index (χ3n) is 2.10. The number of nitrogens with one attached hydrogen (secondary N) is 1. The summed E-state index contributed by atoms with van der Waals surface area (Å²) in [6.07, 6.45) is 3.63. The first kappa shape index (κ1) is 11.0. The molecular formula is C12H13N3S. The monoisotopic (exact) mass is 231 g/mol. The molecule has 4 heteroatoms. The van der Waals surface area contributed by atoms with E-state index in [1.54, 1.807) is 11.8 Å². The fraction of sp³-hybridized carbons (Fsp3) is 0.167. The number of nitrogens with zero attached hydrogens (tertiary/aromatic N) is 2. The van der Waals surface area contributed by atoms with E-state index in [9.17, 15) is 0 Å². The summed E-state index contributed by atoms with van der Waals surface area (Å²) in [5.74, 6) is 1.81. The minimum Gasteiger partial charge on any atom is -0.373 e. The molecule has 0 aliphatic heterocycles. The number of hydrogen-bond donors (Lipinski definition) is 1. The van der Waals surface area contributed by atoms with Crippen LogP contribution in [0, 0.1) is 0 Å². The lowest BCUT2D eigenvalue weighted by molar-refractivity contribution is 1.13. The third-order valence-corrected chi connectivity index (χ3v) is 3.12. The Kier molecular flexibility index (Phi) is 3.77. The van der Waals surface area contributed by atoms with E-state index in [1.165, 1.54) is 5.56 Å². The van der Waals surface area contributed by atoms with Crippen molar-refractivity contribution in [1.29, 1.82) is 0 Å². The summed E-state index contributed by atoms with van der Waals surface area (Å²) in [4.78, 5) is 8.44. The summed E-state index contributed by atoms with van der Waals surface area (Å²) in [6.45, 7) is 0. The Hall–Kier alpha value is -1.55. The van der Waals surface area contributed by atoms with Gasteiger partial charge in [-0.25, -0.2) is 9.97 Å². The van der Waals surface area contributed by atoms with Crippen LogP contribution in [0.4, 0.5) is 5.82 Å². The lowest BCUT2D eigenvalue weighted by Crippen LogP contribution is -1.92. The van der Waals surface area contributed by atoms with E-state index >= 15 is 0 Å². The molecule has 0 radical (unpaired) electrons. The summed E-state index contributed by atoms with van der Waals surface area (Å²) >= 11 is 1.73. The van der Waals surface area contributed by atoms with Gasteiger partial charge in [-0.2, -0.15) is 0 Å². The maximum atomic E-state index is 4.27. The Morgan fingerprint density at radius 3 is 2.88 bits per heavy atom. The van der Waals surface area contributed by atoms with Crippen molar-refractivity contribution in [1.82, 2.24) is 9.97 Å². The molecule has 2 aromatic heterocycles. The Bertz CT molecular complexity index is 445. The van der Waals surface area contributed by atoms with Gasteiger partial charge in [0.05, 0.1) is 5.03 Å². The number of thioether (sulfide) groups is 1. The van der Waals surface area contributed by atoms with E-state index in [0.717, 1.165) is 16.6 Å². The van der Waals surface area contributed by atoms with E-state index < -0.39 is 0 Å². The second-order valence-electron chi connectivity index (χ2n) is 3.26. The van der Waals surface area contributed by atoms with Gasteiger partial charge in [0.2, 0.25) is 0 Å². The van der Waals surface area contributed by atoms with Crippen molar-refractivity contribution in [2.75, 3.05) is 12.4 Å². The van der Waals surface area contributed by atoms with Crippen molar-refractivity contribution >= 4 is 17.6 Å². The van der Waals surface area contributed by atoms with Crippen LogP contribution in [0.25, 0.3) is 0 Å². The molecule has 0 amide bonds. The Morgan fingerprint density at radius 2 is 2.12 bits per heavy atom. The Morgan fingerprint density at radius 1 is 1.19 bits per heavy atom. The van der Waals surface area contributed by atoms with Crippen LogP contribution in [0.3, 0.4) is 0 Å². The van der Waals surface area contributed by atoms with Crippen molar-refractivity contribution < 1.29 is 0 Å². The molecule has 0 spiro atoms. The number of anilines is 1. The van der Waals surface area contributed by atoms with Crippen LogP contribution in [0.5, 0.6) is 0 Å². The van der Waals surface area contributed by atoms with E-state index in [0.29, 0.717) is 0 Å². The molecule has 0 bridgehead atoms. The molecule has 0 atom stereocenters. The largest absolute Gasteiger partial charge is 0.373 e. The molecule has 2 rings (SSSR count). The summed E-state index contributed by atoms with van der Waals surface area (Å²) in [7, 11) is 1.87. The van der Waals surface area contributed by atoms with Crippen molar-refractivity contribution in [2.24, 2.45) is 0 Å². The second-order valence-corrected chi connectivity index (χ2v) is 4.25. The normalized spacial score (nSPS) is 10.1. The first-order valence-corrected chi connectivity index (χ1v) is 6.03. The summed E-state index contributed by atoms with van der Waals surface area (Å²) < 4.78 is 0. The van der Waals surface area contributed by atoms with Gasteiger partial charge in [-0.15, -0.1) is 11.8 Å². The van der Waals surface area contributed by atoms with Crippen LogP contribution in [-0.2, 0) is 5.75 Å². The van der Waals surface area contributed by atoms with Gasteiger partial charge >= 0.3 is 0 Å². The van der Waals surface area contributed by atoms with Crippen LogP contribution in [0.15, 0.2) is 47.8 Å². The predicted octanol–water partition coefficient (Wildman–Crippen LogP) is 2.81. The highest BCUT2D eigenvalue weighted by molar-refractivity contribution is 7.98. The molecule has 3 nitrogen and oxygen atoms in total. The molecule has 0 aliphatic rings. The van der Waals surface area contributed by atoms with Crippen molar-refractivity contribution in [3.05, 3.63) is 48.3 Å². The average Bonchev–Trinajstić information content (AvgIpc) is 2.38. The molecule has 82 valence electrons. The highest BCUT2D eigenvalue weighted by Crippen LogP contribution is 2.20. The molecule has 0 unspecified atom stereocenters. The zero-order valence-corrected chi connectivity index (χ0v) is 9.87. The Balaban J connectivity index is 1.99. The molecule has 0 saturated heterocycles. The predicted molar refractivity (Wildman–Crippen MR) is 67.6 cm³/mol. The van der Waals surface area contributed by atoms with Crippen molar-refractivity contribution in [3.8, 4) is 0 Å². The quantitative estimate of drug-likeness (QED) is 0.821. The average molecular weight is 231 g/mol. The highest BCUT2D eigenvalue weighted by atomic mass is 32.2. The van der Waals surface area contributed by atoms with Crippen LogP contribution in [0.1, 0.15) is 5.56 Å². The zero-order valence-electron chi connectivity index (χ0n) is 9.05. The summed E-state index contributed by atoms with van der Waals surface area (Å²) in [5, 5.41) is 4.08. The van der Waals surface area contributed by atoms with Gasteiger partial charge in [-0.3, -0.25) is 0 Å². The molecule has 0 aromatic carbocycles. The number of rotatable bonds is 4. The van der Waals surface area contributed by atoms with Gasteiger partial charge in [0.1, 0.15) is 5.82 Å². The Labute approximate surface area is 99.3 Å². The number of pyridine rings is 2. The molecule has 0 saturated carbocycles.